The number of aromatic nitrogens is 5. The van der Waals surface area contributed by atoms with Gasteiger partial charge in [0, 0.05) is 17.8 Å². The zero-order valence-electron chi connectivity index (χ0n) is 15.0. The van der Waals surface area contributed by atoms with Crippen LogP contribution in [0.1, 0.15) is 5.82 Å². The normalized spacial score (nSPS) is 11.2. The van der Waals surface area contributed by atoms with E-state index in [2.05, 4.69) is 30.0 Å². The Morgan fingerprint density at radius 1 is 1.10 bits per heavy atom. The molecule has 0 saturated heterocycles. The summed E-state index contributed by atoms with van der Waals surface area (Å²) < 4.78 is 44.1. The molecular formula is C18H14F3N7O. The molecule has 0 fully saturated rings. The van der Waals surface area contributed by atoms with Crippen molar-refractivity contribution in [3.05, 3.63) is 54.2 Å². The SMILES string of the molecule is Cc1nc2ncc(F)cc2n1-c1cc(N)nc(Nc2ccc(OC(F)F)cc2)n1. The summed E-state index contributed by atoms with van der Waals surface area (Å²) in [6.07, 6.45) is 1.09. The number of aryl methyl sites for hydroxylation is 1. The summed E-state index contributed by atoms with van der Waals surface area (Å²) in [5.74, 6) is 0.745. The molecule has 0 unspecified atom stereocenters. The van der Waals surface area contributed by atoms with Crippen molar-refractivity contribution in [1.29, 1.82) is 0 Å². The highest BCUT2D eigenvalue weighted by Gasteiger charge is 2.14. The van der Waals surface area contributed by atoms with Gasteiger partial charge in [0.15, 0.2) is 5.65 Å². The summed E-state index contributed by atoms with van der Waals surface area (Å²) in [5.41, 5.74) is 7.23. The molecule has 0 aliphatic rings. The van der Waals surface area contributed by atoms with Gasteiger partial charge in [-0.1, -0.05) is 0 Å². The van der Waals surface area contributed by atoms with Crippen LogP contribution in [0.3, 0.4) is 0 Å². The molecule has 0 bridgehead atoms. The maximum Gasteiger partial charge on any atom is 0.387 e. The quantitative estimate of drug-likeness (QED) is 0.527. The third kappa shape index (κ3) is 3.88. The predicted octanol–water partition coefficient (Wildman–Crippen LogP) is 3.59. The van der Waals surface area contributed by atoms with Crippen molar-refractivity contribution in [2.75, 3.05) is 11.1 Å². The molecule has 0 saturated carbocycles. The first kappa shape index (κ1) is 18.5. The van der Waals surface area contributed by atoms with Crippen LogP contribution in [-0.4, -0.2) is 31.1 Å². The summed E-state index contributed by atoms with van der Waals surface area (Å²) >= 11 is 0. The molecule has 29 heavy (non-hydrogen) atoms. The van der Waals surface area contributed by atoms with Crippen molar-refractivity contribution >= 4 is 28.6 Å². The van der Waals surface area contributed by atoms with Gasteiger partial charge in [-0.2, -0.15) is 18.7 Å². The number of imidazole rings is 1. The number of hydrogen-bond acceptors (Lipinski definition) is 7. The van der Waals surface area contributed by atoms with Gasteiger partial charge in [0.05, 0.1) is 11.7 Å². The Hall–Kier alpha value is -3.89. The van der Waals surface area contributed by atoms with E-state index in [1.807, 2.05) is 0 Å². The molecule has 3 heterocycles. The molecule has 3 N–H and O–H groups in total. The largest absolute Gasteiger partial charge is 0.435 e. The number of alkyl halides is 2. The van der Waals surface area contributed by atoms with Crippen molar-refractivity contribution in [2.45, 2.75) is 13.5 Å². The molecule has 0 aliphatic carbocycles. The van der Waals surface area contributed by atoms with Crippen LogP contribution in [0.4, 0.5) is 30.6 Å². The average Bonchev–Trinajstić information content (AvgIpc) is 2.97. The zero-order valence-corrected chi connectivity index (χ0v) is 15.0. The average molecular weight is 401 g/mol. The minimum Gasteiger partial charge on any atom is -0.435 e. The number of ether oxygens (including phenoxy) is 1. The molecule has 0 radical (unpaired) electrons. The van der Waals surface area contributed by atoms with E-state index in [0.29, 0.717) is 28.5 Å². The topological polar surface area (TPSA) is 104 Å². The summed E-state index contributed by atoms with van der Waals surface area (Å²) in [5, 5.41) is 2.94. The van der Waals surface area contributed by atoms with E-state index in [1.165, 1.54) is 36.4 Å². The molecule has 11 heteroatoms. The molecule has 0 amide bonds. The number of nitrogens with two attached hydrogens (primary N) is 1. The number of anilines is 3. The number of nitrogen functional groups attached to an aromatic ring is 1. The van der Waals surface area contributed by atoms with E-state index in [1.54, 1.807) is 11.5 Å². The monoisotopic (exact) mass is 401 g/mol. The zero-order chi connectivity index (χ0) is 20.5. The van der Waals surface area contributed by atoms with E-state index in [-0.39, 0.29) is 17.5 Å². The molecule has 148 valence electrons. The lowest BCUT2D eigenvalue weighted by atomic mass is 10.3. The molecule has 0 spiro atoms. The number of pyridine rings is 1. The van der Waals surface area contributed by atoms with Crippen LogP contribution in [0.25, 0.3) is 17.0 Å². The van der Waals surface area contributed by atoms with Crippen molar-refractivity contribution in [2.24, 2.45) is 0 Å². The van der Waals surface area contributed by atoms with Gasteiger partial charge in [0.1, 0.15) is 29.0 Å². The number of nitrogens with one attached hydrogen (secondary N) is 1. The molecule has 8 nitrogen and oxygen atoms in total. The van der Waals surface area contributed by atoms with Crippen LogP contribution in [-0.2, 0) is 0 Å². The lowest BCUT2D eigenvalue weighted by molar-refractivity contribution is -0.0498. The highest BCUT2D eigenvalue weighted by Crippen LogP contribution is 2.24. The van der Waals surface area contributed by atoms with Crippen LogP contribution >= 0.6 is 0 Å². The molecule has 4 aromatic rings. The summed E-state index contributed by atoms with van der Waals surface area (Å²) in [7, 11) is 0. The minimum atomic E-state index is -2.90. The first-order valence-corrected chi connectivity index (χ1v) is 8.36. The highest BCUT2D eigenvalue weighted by molar-refractivity contribution is 5.74. The molecule has 0 aliphatic heterocycles. The van der Waals surface area contributed by atoms with E-state index >= 15 is 0 Å². The Kier molecular flexibility index (Phi) is 4.63. The number of rotatable bonds is 5. The maximum absolute atomic E-state index is 13.7. The summed E-state index contributed by atoms with van der Waals surface area (Å²) in [4.78, 5) is 16.8. The van der Waals surface area contributed by atoms with E-state index in [4.69, 9.17) is 5.73 Å². The standard InChI is InChI=1S/C18H14F3N7O/c1-9-24-16-13(6-10(19)8-23-16)28(9)15-7-14(22)26-18(27-15)25-11-2-4-12(5-3-11)29-17(20)21/h2-8,17H,1H3,(H3,22,25,26,27). The second-order valence-electron chi connectivity index (χ2n) is 5.99. The van der Waals surface area contributed by atoms with E-state index < -0.39 is 12.4 Å². The third-order valence-corrected chi connectivity index (χ3v) is 3.94. The van der Waals surface area contributed by atoms with Gasteiger partial charge >= 0.3 is 6.61 Å². The highest BCUT2D eigenvalue weighted by atomic mass is 19.3. The van der Waals surface area contributed by atoms with Gasteiger partial charge in [-0.15, -0.1) is 0 Å². The summed E-state index contributed by atoms with van der Waals surface area (Å²) in [6.45, 7) is -1.17. The lowest BCUT2D eigenvalue weighted by Gasteiger charge is -2.11. The second kappa shape index (κ2) is 7.26. The van der Waals surface area contributed by atoms with Crippen molar-refractivity contribution in [3.8, 4) is 11.6 Å². The van der Waals surface area contributed by atoms with Gasteiger partial charge in [-0.05, 0) is 31.2 Å². The number of benzene rings is 1. The fraction of sp³-hybridized carbons (Fsp3) is 0.111. The van der Waals surface area contributed by atoms with Crippen LogP contribution in [0.2, 0.25) is 0 Å². The summed E-state index contributed by atoms with van der Waals surface area (Å²) in [6, 6.07) is 8.63. The third-order valence-electron chi connectivity index (χ3n) is 3.94. The van der Waals surface area contributed by atoms with Crippen LogP contribution in [0.15, 0.2) is 42.6 Å². The van der Waals surface area contributed by atoms with Crippen molar-refractivity contribution in [3.63, 3.8) is 0 Å². The smallest absolute Gasteiger partial charge is 0.387 e. The first-order valence-electron chi connectivity index (χ1n) is 8.36. The van der Waals surface area contributed by atoms with Crippen LogP contribution < -0.4 is 15.8 Å². The molecule has 3 aromatic heterocycles. The molecular weight excluding hydrogens is 387 g/mol. The number of hydrogen-bond donors (Lipinski definition) is 2. The fourth-order valence-electron chi connectivity index (χ4n) is 2.81. The second-order valence-corrected chi connectivity index (χ2v) is 5.99. The Balaban J connectivity index is 1.69. The maximum atomic E-state index is 13.7. The van der Waals surface area contributed by atoms with E-state index in [0.717, 1.165) is 6.20 Å². The van der Waals surface area contributed by atoms with Crippen molar-refractivity contribution < 1.29 is 17.9 Å². The minimum absolute atomic E-state index is 0.0229. The Bertz CT molecular complexity index is 1180. The Morgan fingerprint density at radius 3 is 2.59 bits per heavy atom. The van der Waals surface area contributed by atoms with Gasteiger partial charge in [0.25, 0.3) is 0 Å². The Labute approximate surface area is 162 Å². The number of nitrogens with zero attached hydrogens (tertiary/aromatic N) is 5. The van der Waals surface area contributed by atoms with Gasteiger partial charge in [-0.25, -0.2) is 14.4 Å². The van der Waals surface area contributed by atoms with Gasteiger partial charge < -0.3 is 15.8 Å². The lowest BCUT2D eigenvalue weighted by Crippen LogP contribution is -2.07. The predicted molar refractivity (Wildman–Crippen MR) is 99.9 cm³/mol. The van der Waals surface area contributed by atoms with Crippen LogP contribution in [0, 0.1) is 12.7 Å². The molecule has 0 atom stereocenters. The number of fused-ring (bicyclic) bond motifs is 1. The van der Waals surface area contributed by atoms with E-state index in [9.17, 15) is 13.2 Å². The molecule has 4 rings (SSSR count). The van der Waals surface area contributed by atoms with Crippen molar-refractivity contribution in [1.82, 2.24) is 24.5 Å². The first-order chi connectivity index (χ1) is 13.9. The molecule has 1 aromatic carbocycles. The number of halogens is 3. The van der Waals surface area contributed by atoms with Gasteiger partial charge in [0.2, 0.25) is 5.95 Å². The van der Waals surface area contributed by atoms with Crippen LogP contribution in [0.5, 0.6) is 5.75 Å². The fourth-order valence-corrected chi connectivity index (χ4v) is 2.81. The van der Waals surface area contributed by atoms with Gasteiger partial charge in [-0.3, -0.25) is 4.57 Å². The Morgan fingerprint density at radius 2 is 1.86 bits per heavy atom.